The summed E-state index contributed by atoms with van der Waals surface area (Å²) in [7, 11) is 0. The van der Waals surface area contributed by atoms with Crippen molar-refractivity contribution < 1.29 is 0 Å². The van der Waals surface area contributed by atoms with Crippen molar-refractivity contribution in [3.05, 3.63) is 23.8 Å². The fraction of sp³-hybridized carbons (Fsp3) is 0.600. The van der Waals surface area contributed by atoms with Crippen molar-refractivity contribution in [1.29, 1.82) is 0 Å². The first-order valence-electron chi connectivity index (χ1n) is 6.80. The molecule has 0 saturated heterocycles. The predicted molar refractivity (Wildman–Crippen MR) is 77.6 cm³/mol. The summed E-state index contributed by atoms with van der Waals surface area (Å²) < 4.78 is 0. The van der Waals surface area contributed by atoms with E-state index in [-0.39, 0.29) is 0 Å². The second-order valence-corrected chi connectivity index (χ2v) is 4.71. The van der Waals surface area contributed by atoms with Crippen molar-refractivity contribution in [2.24, 2.45) is 0 Å². The minimum absolute atomic E-state index is 0.914. The summed E-state index contributed by atoms with van der Waals surface area (Å²) >= 11 is 0. The van der Waals surface area contributed by atoms with Gasteiger partial charge in [0.05, 0.1) is 11.4 Å². The number of nitrogen functional groups attached to an aromatic ring is 1. The Balaban J connectivity index is 2.86. The Hall–Kier alpha value is -1.18. The van der Waals surface area contributed by atoms with Crippen molar-refractivity contribution in [2.45, 2.75) is 46.5 Å². The fourth-order valence-corrected chi connectivity index (χ4v) is 2.15. The molecule has 0 bridgehead atoms. The standard InChI is InChI=1S/C15H26N2/c1-4-6-11-17(12-7-5-2)15-13(3)9-8-10-14(15)16/h8-10H,4-7,11-12,16H2,1-3H3. The lowest BCUT2D eigenvalue weighted by molar-refractivity contribution is 0.677. The Labute approximate surface area is 106 Å². The first-order chi connectivity index (χ1) is 8.20. The van der Waals surface area contributed by atoms with Gasteiger partial charge in [-0.1, -0.05) is 38.8 Å². The maximum absolute atomic E-state index is 6.12. The van der Waals surface area contributed by atoms with Crippen molar-refractivity contribution in [3.63, 3.8) is 0 Å². The van der Waals surface area contributed by atoms with Gasteiger partial charge in [0.2, 0.25) is 0 Å². The second kappa shape index (κ2) is 7.21. The van der Waals surface area contributed by atoms with Gasteiger partial charge < -0.3 is 10.6 Å². The minimum Gasteiger partial charge on any atom is -0.397 e. The summed E-state index contributed by atoms with van der Waals surface area (Å²) in [5, 5.41) is 0. The van der Waals surface area contributed by atoms with Crippen LogP contribution < -0.4 is 10.6 Å². The van der Waals surface area contributed by atoms with Gasteiger partial charge in [-0.3, -0.25) is 0 Å². The summed E-state index contributed by atoms with van der Waals surface area (Å²) in [5.41, 5.74) is 9.57. The van der Waals surface area contributed by atoms with E-state index in [1.807, 2.05) is 12.1 Å². The third kappa shape index (κ3) is 3.95. The van der Waals surface area contributed by atoms with Crippen molar-refractivity contribution >= 4 is 11.4 Å². The molecule has 0 amide bonds. The molecule has 2 N–H and O–H groups in total. The summed E-state index contributed by atoms with van der Waals surface area (Å²) in [6.07, 6.45) is 4.93. The number of benzene rings is 1. The number of unbranched alkanes of at least 4 members (excludes halogenated alkanes) is 2. The molecule has 0 fully saturated rings. The highest BCUT2D eigenvalue weighted by Crippen LogP contribution is 2.27. The van der Waals surface area contributed by atoms with Gasteiger partial charge in [-0.2, -0.15) is 0 Å². The van der Waals surface area contributed by atoms with Gasteiger partial charge in [0, 0.05) is 13.1 Å². The van der Waals surface area contributed by atoms with Gasteiger partial charge in [0.25, 0.3) is 0 Å². The third-order valence-corrected chi connectivity index (χ3v) is 3.15. The number of para-hydroxylation sites is 1. The van der Waals surface area contributed by atoms with Gasteiger partial charge in [-0.25, -0.2) is 0 Å². The molecule has 0 radical (unpaired) electrons. The van der Waals surface area contributed by atoms with E-state index < -0.39 is 0 Å². The SMILES string of the molecule is CCCCN(CCCC)c1c(C)cccc1N. The monoisotopic (exact) mass is 234 g/mol. The first kappa shape index (κ1) is 13.9. The van der Waals surface area contributed by atoms with Crippen molar-refractivity contribution in [2.75, 3.05) is 23.7 Å². The summed E-state index contributed by atoms with van der Waals surface area (Å²) in [4.78, 5) is 2.46. The highest BCUT2D eigenvalue weighted by Gasteiger charge is 2.11. The highest BCUT2D eigenvalue weighted by atomic mass is 15.1. The average molecular weight is 234 g/mol. The zero-order valence-corrected chi connectivity index (χ0v) is 11.5. The number of nitrogens with zero attached hydrogens (tertiary/aromatic N) is 1. The number of anilines is 2. The molecular formula is C15H26N2. The van der Waals surface area contributed by atoms with E-state index >= 15 is 0 Å². The van der Waals surface area contributed by atoms with E-state index in [1.54, 1.807) is 0 Å². The molecule has 0 aliphatic rings. The molecular weight excluding hydrogens is 208 g/mol. The Kier molecular flexibility index (Phi) is 5.88. The Morgan fingerprint density at radius 2 is 1.65 bits per heavy atom. The van der Waals surface area contributed by atoms with E-state index in [9.17, 15) is 0 Å². The molecule has 0 aliphatic heterocycles. The van der Waals surface area contributed by atoms with E-state index in [0.717, 1.165) is 18.8 Å². The van der Waals surface area contributed by atoms with Crippen molar-refractivity contribution in [3.8, 4) is 0 Å². The smallest absolute Gasteiger partial charge is 0.0629 e. The van der Waals surface area contributed by atoms with Gasteiger partial charge in [-0.15, -0.1) is 0 Å². The van der Waals surface area contributed by atoms with Crippen LogP contribution in [0.5, 0.6) is 0 Å². The van der Waals surface area contributed by atoms with Gasteiger partial charge >= 0.3 is 0 Å². The summed E-state index contributed by atoms with van der Waals surface area (Å²) in [6, 6.07) is 6.19. The predicted octanol–water partition coefficient (Wildman–Crippen LogP) is 3.98. The van der Waals surface area contributed by atoms with Crippen LogP contribution >= 0.6 is 0 Å². The summed E-state index contributed by atoms with van der Waals surface area (Å²) in [6.45, 7) is 8.85. The zero-order valence-electron chi connectivity index (χ0n) is 11.5. The Morgan fingerprint density at radius 3 is 2.12 bits per heavy atom. The zero-order chi connectivity index (χ0) is 12.7. The lowest BCUT2D eigenvalue weighted by atomic mass is 10.1. The number of hydrogen-bond donors (Lipinski definition) is 1. The Morgan fingerprint density at radius 1 is 1.06 bits per heavy atom. The molecule has 1 aromatic rings. The molecule has 0 spiro atoms. The topological polar surface area (TPSA) is 29.3 Å². The Bertz CT molecular complexity index is 305. The van der Waals surface area contributed by atoms with Crippen LogP contribution in [0.4, 0.5) is 11.4 Å². The molecule has 0 heterocycles. The molecule has 2 nitrogen and oxygen atoms in total. The van der Waals surface area contributed by atoms with E-state index in [1.165, 1.54) is 36.9 Å². The van der Waals surface area contributed by atoms with E-state index in [2.05, 4.69) is 31.7 Å². The van der Waals surface area contributed by atoms with Crippen LogP contribution in [-0.2, 0) is 0 Å². The molecule has 2 heteroatoms. The maximum atomic E-state index is 6.12. The quantitative estimate of drug-likeness (QED) is 0.723. The molecule has 0 atom stereocenters. The third-order valence-electron chi connectivity index (χ3n) is 3.15. The molecule has 0 aliphatic carbocycles. The van der Waals surface area contributed by atoms with E-state index in [4.69, 9.17) is 5.73 Å². The van der Waals surface area contributed by atoms with E-state index in [0.29, 0.717) is 0 Å². The number of nitrogens with two attached hydrogens (primary N) is 1. The lowest BCUT2D eigenvalue weighted by Gasteiger charge is -2.27. The van der Waals surface area contributed by atoms with Gasteiger partial charge in [0.1, 0.15) is 0 Å². The molecule has 0 unspecified atom stereocenters. The number of hydrogen-bond acceptors (Lipinski definition) is 2. The average Bonchev–Trinajstić information content (AvgIpc) is 2.31. The second-order valence-electron chi connectivity index (χ2n) is 4.71. The molecule has 17 heavy (non-hydrogen) atoms. The molecule has 0 saturated carbocycles. The van der Waals surface area contributed by atoms with Crippen LogP contribution in [0.3, 0.4) is 0 Å². The first-order valence-corrected chi connectivity index (χ1v) is 6.80. The molecule has 1 aromatic carbocycles. The molecule has 0 aromatic heterocycles. The largest absolute Gasteiger partial charge is 0.397 e. The van der Waals surface area contributed by atoms with Crippen LogP contribution in [0.15, 0.2) is 18.2 Å². The number of aryl methyl sites for hydroxylation is 1. The number of rotatable bonds is 7. The van der Waals surface area contributed by atoms with Crippen LogP contribution in [0, 0.1) is 6.92 Å². The molecule has 96 valence electrons. The fourth-order valence-electron chi connectivity index (χ4n) is 2.15. The van der Waals surface area contributed by atoms with Crippen LogP contribution in [0.1, 0.15) is 45.1 Å². The molecule has 1 rings (SSSR count). The van der Waals surface area contributed by atoms with Crippen LogP contribution in [0.25, 0.3) is 0 Å². The normalized spacial score (nSPS) is 10.5. The summed E-state index contributed by atoms with van der Waals surface area (Å²) in [5.74, 6) is 0. The van der Waals surface area contributed by atoms with Crippen molar-refractivity contribution in [1.82, 2.24) is 0 Å². The highest BCUT2D eigenvalue weighted by molar-refractivity contribution is 5.71. The lowest BCUT2D eigenvalue weighted by Crippen LogP contribution is -2.27. The van der Waals surface area contributed by atoms with Gasteiger partial charge in [-0.05, 0) is 31.4 Å². The van der Waals surface area contributed by atoms with Crippen LogP contribution in [0.2, 0.25) is 0 Å². The van der Waals surface area contributed by atoms with Gasteiger partial charge in [0.15, 0.2) is 0 Å². The minimum atomic E-state index is 0.914. The van der Waals surface area contributed by atoms with Crippen LogP contribution in [-0.4, -0.2) is 13.1 Å². The maximum Gasteiger partial charge on any atom is 0.0629 e.